The molecule has 2 aromatic heterocycles. The number of fused-ring (bicyclic) bond motifs is 1. The maximum absolute atomic E-state index is 12.7. The standard InChI is InChI=1S/C29H35N9O2/c1-18(2)38-26-25(34-29(38)33-24-7-5-6-23(16-24)31-20(4)39)17-30-28(35-26)32-22-10-8-21(9-11-22)27(40)36-37-14-12-19(3)13-15-37/h5-11,16-19H,12-15H2,1-4H3,(H,31,39)(H,33,34)(H,36,40)(H,30,32,35). The fraction of sp³-hybridized carbons (Fsp3) is 0.345. The van der Waals surface area contributed by atoms with Crippen molar-refractivity contribution in [1.82, 2.24) is 30.0 Å². The highest BCUT2D eigenvalue weighted by Crippen LogP contribution is 2.27. The van der Waals surface area contributed by atoms with Crippen LogP contribution in [-0.2, 0) is 4.79 Å². The summed E-state index contributed by atoms with van der Waals surface area (Å²) in [6.45, 7) is 9.59. The Kier molecular flexibility index (Phi) is 7.92. The van der Waals surface area contributed by atoms with Crippen LogP contribution in [-0.4, -0.2) is 49.4 Å². The van der Waals surface area contributed by atoms with Crippen LogP contribution in [0.25, 0.3) is 11.2 Å². The normalized spacial score (nSPS) is 14.3. The fourth-order valence-electron chi connectivity index (χ4n) is 4.70. The molecule has 0 saturated carbocycles. The highest BCUT2D eigenvalue weighted by molar-refractivity contribution is 5.94. The average molecular weight is 542 g/mol. The lowest BCUT2D eigenvalue weighted by Gasteiger charge is -2.30. The number of hydrogen-bond donors (Lipinski definition) is 4. The summed E-state index contributed by atoms with van der Waals surface area (Å²) in [5, 5.41) is 11.4. The minimum absolute atomic E-state index is 0.0645. The third-order valence-electron chi connectivity index (χ3n) is 6.83. The van der Waals surface area contributed by atoms with Crippen molar-refractivity contribution in [2.45, 2.75) is 46.6 Å². The molecule has 0 spiro atoms. The number of imidazole rings is 1. The van der Waals surface area contributed by atoms with E-state index in [4.69, 9.17) is 9.97 Å². The molecule has 1 aliphatic rings. The number of hydrogen-bond acceptors (Lipinski definition) is 8. The number of anilines is 5. The van der Waals surface area contributed by atoms with E-state index in [1.54, 1.807) is 18.3 Å². The van der Waals surface area contributed by atoms with Gasteiger partial charge in [0.1, 0.15) is 5.52 Å². The van der Waals surface area contributed by atoms with Crippen LogP contribution in [0.15, 0.2) is 54.7 Å². The van der Waals surface area contributed by atoms with Gasteiger partial charge in [0.2, 0.25) is 17.8 Å². The Balaban J connectivity index is 1.31. The predicted octanol–water partition coefficient (Wildman–Crippen LogP) is 5.23. The lowest BCUT2D eigenvalue weighted by atomic mass is 10.0. The van der Waals surface area contributed by atoms with Gasteiger partial charge in [0.25, 0.3) is 5.91 Å². The van der Waals surface area contributed by atoms with Gasteiger partial charge in [-0.2, -0.15) is 4.98 Å². The Morgan fingerprint density at radius 1 is 0.950 bits per heavy atom. The highest BCUT2D eigenvalue weighted by Gasteiger charge is 2.19. The molecule has 1 aliphatic heterocycles. The fourth-order valence-corrected chi connectivity index (χ4v) is 4.70. The third-order valence-corrected chi connectivity index (χ3v) is 6.83. The molecule has 11 heteroatoms. The van der Waals surface area contributed by atoms with E-state index in [9.17, 15) is 9.59 Å². The van der Waals surface area contributed by atoms with Crippen molar-refractivity contribution in [3.63, 3.8) is 0 Å². The van der Waals surface area contributed by atoms with E-state index in [2.05, 4.69) is 47.1 Å². The van der Waals surface area contributed by atoms with Gasteiger partial charge in [-0.05, 0) is 75.1 Å². The number of rotatable bonds is 8. The van der Waals surface area contributed by atoms with Gasteiger partial charge in [-0.25, -0.2) is 15.0 Å². The zero-order chi connectivity index (χ0) is 28.2. The van der Waals surface area contributed by atoms with E-state index in [0.717, 1.165) is 37.3 Å². The number of benzene rings is 2. The van der Waals surface area contributed by atoms with Crippen molar-refractivity contribution in [2.75, 3.05) is 29.0 Å². The van der Waals surface area contributed by atoms with Crippen LogP contribution < -0.4 is 21.4 Å². The first-order valence-corrected chi connectivity index (χ1v) is 13.6. The van der Waals surface area contributed by atoms with Gasteiger partial charge < -0.3 is 16.0 Å². The molecule has 4 N–H and O–H groups in total. The molecule has 0 bridgehead atoms. The number of carbonyl (C=O) groups is 2. The number of hydrazine groups is 1. The van der Waals surface area contributed by atoms with E-state index in [1.165, 1.54) is 6.92 Å². The molecule has 2 amide bonds. The first-order chi connectivity index (χ1) is 19.2. The maximum Gasteiger partial charge on any atom is 0.265 e. The molecule has 40 heavy (non-hydrogen) atoms. The molecule has 3 heterocycles. The van der Waals surface area contributed by atoms with Gasteiger partial charge in [-0.15, -0.1) is 0 Å². The molecular weight excluding hydrogens is 506 g/mol. The summed E-state index contributed by atoms with van der Waals surface area (Å²) in [6.07, 6.45) is 3.86. The summed E-state index contributed by atoms with van der Waals surface area (Å²) < 4.78 is 2.00. The second kappa shape index (κ2) is 11.7. The molecule has 0 unspecified atom stereocenters. The van der Waals surface area contributed by atoms with Gasteiger partial charge in [0, 0.05) is 48.7 Å². The molecule has 5 rings (SSSR count). The molecule has 0 aliphatic carbocycles. The van der Waals surface area contributed by atoms with Crippen molar-refractivity contribution < 1.29 is 9.59 Å². The number of piperidine rings is 1. The zero-order valence-corrected chi connectivity index (χ0v) is 23.2. The van der Waals surface area contributed by atoms with Gasteiger partial charge in [0.05, 0.1) is 6.20 Å². The predicted molar refractivity (Wildman–Crippen MR) is 157 cm³/mol. The average Bonchev–Trinajstić information content (AvgIpc) is 3.27. The van der Waals surface area contributed by atoms with Crippen molar-refractivity contribution in [3.05, 3.63) is 60.3 Å². The number of nitrogens with zero attached hydrogens (tertiary/aromatic N) is 5. The van der Waals surface area contributed by atoms with Crippen molar-refractivity contribution in [2.24, 2.45) is 5.92 Å². The second-order valence-corrected chi connectivity index (χ2v) is 10.5. The molecule has 2 aromatic carbocycles. The first-order valence-electron chi connectivity index (χ1n) is 13.6. The van der Waals surface area contributed by atoms with Crippen LogP contribution in [0.3, 0.4) is 0 Å². The molecule has 4 aromatic rings. The van der Waals surface area contributed by atoms with E-state index in [-0.39, 0.29) is 17.9 Å². The molecule has 11 nitrogen and oxygen atoms in total. The van der Waals surface area contributed by atoms with Crippen LogP contribution in [0.1, 0.15) is 56.9 Å². The van der Waals surface area contributed by atoms with Crippen LogP contribution in [0.5, 0.6) is 0 Å². The number of aromatic nitrogens is 4. The summed E-state index contributed by atoms with van der Waals surface area (Å²) in [7, 11) is 0. The molecule has 208 valence electrons. The zero-order valence-electron chi connectivity index (χ0n) is 23.2. The minimum Gasteiger partial charge on any atom is -0.326 e. The topological polar surface area (TPSA) is 129 Å². The molecule has 1 saturated heterocycles. The third kappa shape index (κ3) is 6.37. The summed E-state index contributed by atoms with van der Waals surface area (Å²) in [5.74, 6) is 1.51. The smallest absolute Gasteiger partial charge is 0.265 e. The Bertz CT molecular complexity index is 1510. The quantitative estimate of drug-likeness (QED) is 0.239. The van der Waals surface area contributed by atoms with Crippen molar-refractivity contribution in [1.29, 1.82) is 0 Å². The number of amides is 2. The van der Waals surface area contributed by atoms with E-state index in [1.807, 2.05) is 46.0 Å². The van der Waals surface area contributed by atoms with Gasteiger partial charge >= 0.3 is 0 Å². The highest BCUT2D eigenvalue weighted by atomic mass is 16.2. The van der Waals surface area contributed by atoms with Crippen LogP contribution in [0.4, 0.5) is 29.0 Å². The molecule has 0 atom stereocenters. The van der Waals surface area contributed by atoms with Crippen LogP contribution >= 0.6 is 0 Å². The van der Waals surface area contributed by atoms with Gasteiger partial charge in [-0.1, -0.05) is 13.0 Å². The van der Waals surface area contributed by atoms with E-state index >= 15 is 0 Å². The summed E-state index contributed by atoms with van der Waals surface area (Å²) >= 11 is 0. The minimum atomic E-state index is -0.132. The van der Waals surface area contributed by atoms with E-state index in [0.29, 0.717) is 40.2 Å². The Morgan fingerprint density at radius 3 is 2.38 bits per heavy atom. The Morgan fingerprint density at radius 2 is 1.68 bits per heavy atom. The van der Waals surface area contributed by atoms with Crippen molar-refractivity contribution in [3.8, 4) is 0 Å². The molecule has 0 radical (unpaired) electrons. The van der Waals surface area contributed by atoms with Gasteiger partial charge in [-0.3, -0.25) is 19.6 Å². The lowest BCUT2D eigenvalue weighted by molar-refractivity contribution is -0.114. The first kappa shape index (κ1) is 27.1. The summed E-state index contributed by atoms with van der Waals surface area (Å²) in [5.41, 5.74) is 7.18. The lowest BCUT2D eigenvalue weighted by Crippen LogP contribution is -2.46. The maximum atomic E-state index is 12.7. The monoisotopic (exact) mass is 541 g/mol. The van der Waals surface area contributed by atoms with Crippen molar-refractivity contribution >= 4 is 51.9 Å². The largest absolute Gasteiger partial charge is 0.326 e. The summed E-state index contributed by atoms with van der Waals surface area (Å²) in [4.78, 5) is 38.0. The number of carbonyl (C=O) groups excluding carboxylic acids is 2. The summed E-state index contributed by atoms with van der Waals surface area (Å²) in [6, 6.07) is 14.8. The number of nitrogens with one attached hydrogen (secondary N) is 4. The van der Waals surface area contributed by atoms with Crippen LogP contribution in [0.2, 0.25) is 0 Å². The Hall–Kier alpha value is -4.51. The van der Waals surface area contributed by atoms with Crippen LogP contribution in [0, 0.1) is 5.92 Å². The Labute approximate surface area is 233 Å². The van der Waals surface area contributed by atoms with E-state index < -0.39 is 0 Å². The SMILES string of the molecule is CC(=O)Nc1cccc(Nc2nc3cnc(Nc4ccc(C(=O)NN5CCC(C)CC5)cc4)nc3n2C(C)C)c1. The molecular formula is C29H35N9O2. The molecule has 1 fully saturated rings. The second-order valence-electron chi connectivity index (χ2n) is 10.5. The van der Waals surface area contributed by atoms with Gasteiger partial charge in [0.15, 0.2) is 5.65 Å².